The van der Waals surface area contributed by atoms with Gasteiger partial charge in [-0.1, -0.05) is 13.8 Å². The molecular formula is C14H30IN3O. The summed E-state index contributed by atoms with van der Waals surface area (Å²) in [6.45, 7) is 11.5. The van der Waals surface area contributed by atoms with Crippen LogP contribution in [0.4, 0.5) is 0 Å². The molecule has 1 aliphatic rings. The molecule has 0 spiro atoms. The van der Waals surface area contributed by atoms with Crippen molar-refractivity contribution in [2.24, 2.45) is 16.8 Å². The standard InChI is InChI=1S/C14H29N3O.HI/c1-5-15-14(16-8-6-12(2)3)17-9-7-13(10-17)11-18-4;/h12-13H,5-11H2,1-4H3,(H,15,16);1H. The van der Waals surface area contributed by atoms with Gasteiger partial charge in [-0.15, -0.1) is 24.0 Å². The highest BCUT2D eigenvalue weighted by Crippen LogP contribution is 2.16. The molecule has 1 heterocycles. The Labute approximate surface area is 135 Å². The van der Waals surface area contributed by atoms with Crippen LogP contribution in [0.25, 0.3) is 0 Å². The minimum atomic E-state index is 0. The molecule has 0 aromatic carbocycles. The van der Waals surface area contributed by atoms with Crippen molar-refractivity contribution in [3.63, 3.8) is 0 Å². The second-order valence-electron chi connectivity index (χ2n) is 5.47. The average molecular weight is 383 g/mol. The molecule has 1 aliphatic heterocycles. The third kappa shape index (κ3) is 7.34. The third-order valence-electron chi connectivity index (χ3n) is 3.29. The zero-order valence-corrected chi connectivity index (χ0v) is 15.1. The first-order valence-corrected chi connectivity index (χ1v) is 7.19. The summed E-state index contributed by atoms with van der Waals surface area (Å²) in [7, 11) is 1.78. The molecule has 0 aliphatic carbocycles. The van der Waals surface area contributed by atoms with Crippen molar-refractivity contribution in [2.45, 2.75) is 33.6 Å². The van der Waals surface area contributed by atoms with E-state index in [4.69, 9.17) is 9.73 Å². The fourth-order valence-corrected chi connectivity index (χ4v) is 2.25. The number of hydrogen-bond acceptors (Lipinski definition) is 2. The van der Waals surface area contributed by atoms with Gasteiger partial charge in [-0.05, 0) is 25.7 Å². The molecule has 1 fully saturated rings. The van der Waals surface area contributed by atoms with Gasteiger partial charge >= 0.3 is 0 Å². The van der Waals surface area contributed by atoms with E-state index in [0.717, 1.165) is 51.1 Å². The number of likely N-dealkylation sites (tertiary alicyclic amines) is 1. The molecular weight excluding hydrogens is 353 g/mol. The van der Waals surface area contributed by atoms with Crippen LogP contribution in [0, 0.1) is 11.8 Å². The Morgan fingerprint density at radius 3 is 2.79 bits per heavy atom. The molecule has 0 aromatic rings. The molecule has 0 saturated carbocycles. The molecule has 19 heavy (non-hydrogen) atoms. The number of ether oxygens (including phenoxy) is 1. The second-order valence-corrected chi connectivity index (χ2v) is 5.47. The average Bonchev–Trinajstić information content (AvgIpc) is 2.76. The minimum Gasteiger partial charge on any atom is -0.384 e. The van der Waals surface area contributed by atoms with Gasteiger partial charge < -0.3 is 15.0 Å². The van der Waals surface area contributed by atoms with E-state index in [2.05, 4.69) is 31.0 Å². The van der Waals surface area contributed by atoms with Gasteiger partial charge in [0.2, 0.25) is 0 Å². The number of rotatable bonds is 6. The number of hydrogen-bond donors (Lipinski definition) is 1. The molecule has 0 bridgehead atoms. The maximum Gasteiger partial charge on any atom is 0.193 e. The predicted octanol–water partition coefficient (Wildman–Crippen LogP) is 2.58. The number of nitrogens with one attached hydrogen (secondary N) is 1. The van der Waals surface area contributed by atoms with Crippen LogP contribution >= 0.6 is 24.0 Å². The molecule has 0 radical (unpaired) electrons. The van der Waals surface area contributed by atoms with E-state index in [-0.39, 0.29) is 24.0 Å². The Morgan fingerprint density at radius 2 is 2.21 bits per heavy atom. The molecule has 1 N–H and O–H groups in total. The Bertz CT molecular complexity index is 259. The van der Waals surface area contributed by atoms with Crippen LogP contribution in [0.15, 0.2) is 4.99 Å². The van der Waals surface area contributed by atoms with Gasteiger partial charge in [0.05, 0.1) is 6.61 Å². The van der Waals surface area contributed by atoms with E-state index in [1.165, 1.54) is 6.42 Å². The van der Waals surface area contributed by atoms with Crippen molar-refractivity contribution in [3.05, 3.63) is 0 Å². The highest BCUT2D eigenvalue weighted by atomic mass is 127. The van der Waals surface area contributed by atoms with E-state index < -0.39 is 0 Å². The minimum absolute atomic E-state index is 0. The molecule has 4 nitrogen and oxygen atoms in total. The van der Waals surface area contributed by atoms with Gasteiger partial charge in [-0.3, -0.25) is 4.99 Å². The monoisotopic (exact) mass is 383 g/mol. The highest BCUT2D eigenvalue weighted by molar-refractivity contribution is 14.0. The summed E-state index contributed by atoms with van der Waals surface area (Å²) in [4.78, 5) is 7.09. The zero-order valence-electron chi connectivity index (χ0n) is 12.8. The molecule has 0 amide bonds. The number of guanidine groups is 1. The zero-order chi connectivity index (χ0) is 13.4. The van der Waals surface area contributed by atoms with Crippen LogP contribution in [0.3, 0.4) is 0 Å². The van der Waals surface area contributed by atoms with Crippen molar-refractivity contribution in [2.75, 3.05) is 39.9 Å². The van der Waals surface area contributed by atoms with Gasteiger partial charge in [0.15, 0.2) is 5.96 Å². The van der Waals surface area contributed by atoms with Crippen molar-refractivity contribution < 1.29 is 4.74 Å². The molecule has 1 atom stereocenters. The summed E-state index contributed by atoms with van der Waals surface area (Å²) in [6, 6.07) is 0. The smallest absolute Gasteiger partial charge is 0.193 e. The molecule has 1 unspecified atom stereocenters. The normalized spacial score (nSPS) is 19.7. The van der Waals surface area contributed by atoms with E-state index in [0.29, 0.717) is 5.92 Å². The third-order valence-corrected chi connectivity index (χ3v) is 3.29. The van der Waals surface area contributed by atoms with Crippen LogP contribution in [-0.2, 0) is 4.74 Å². The van der Waals surface area contributed by atoms with Crippen molar-refractivity contribution in [3.8, 4) is 0 Å². The first-order valence-electron chi connectivity index (χ1n) is 7.19. The Kier molecular flexibility index (Phi) is 10.7. The highest BCUT2D eigenvalue weighted by Gasteiger charge is 2.24. The molecule has 5 heteroatoms. The lowest BCUT2D eigenvalue weighted by molar-refractivity contribution is 0.157. The summed E-state index contributed by atoms with van der Waals surface area (Å²) >= 11 is 0. The summed E-state index contributed by atoms with van der Waals surface area (Å²) in [6.07, 6.45) is 2.37. The summed E-state index contributed by atoms with van der Waals surface area (Å²) in [5, 5.41) is 3.40. The SMILES string of the molecule is CCNC(=NCCC(C)C)N1CCC(COC)C1.I. The van der Waals surface area contributed by atoms with Crippen LogP contribution < -0.4 is 5.32 Å². The lowest BCUT2D eigenvalue weighted by atomic mass is 10.1. The van der Waals surface area contributed by atoms with Gasteiger partial charge in [0, 0.05) is 39.2 Å². The van der Waals surface area contributed by atoms with Crippen LogP contribution in [0.2, 0.25) is 0 Å². The van der Waals surface area contributed by atoms with Crippen molar-refractivity contribution in [1.29, 1.82) is 0 Å². The van der Waals surface area contributed by atoms with E-state index in [1.54, 1.807) is 7.11 Å². The van der Waals surface area contributed by atoms with Crippen LogP contribution in [0.5, 0.6) is 0 Å². The van der Waals surface area contributed by atoms with E-state index in [9.17, 15) is 0 Å². The molecule has 1 rings (SSSR count). The van der Waals surface area contributed by atoms with Crippen molar-refractivity contribution >= 4 is 29.9 Å². The molecule has 1 saturated heterocycles. The summed E-state index contributed by atoms with van der Waals surface area (Å²) in [5.74, 6) is 2.46. The Morgan fingerprint density at radius 1 is 1.47 bits per heavy atom. The van der Waals surface area contributed by atoms with Crippen molar-refractivity contribution in [1.82, 2.24) is 10.2 Å². The number of nitrogens with zero attached hydrogens (tertiary/aromatic N) is 2. The maximum absolute atomic E-state index is 5.24. The van der Waals surface area contributed by atoms with E-state index >= 15 is 0 Å². The number of aliphatic imine (C=N–C) groups is 1. The number of methoxy groups -OCH3 is 1. The first kappa shape index (κ1) is 19.0. The van der Waals surface area contributed by atoms with Gasteiger partial charge in [-0.2, -0.15) is 0 Å². The topological polar surface area (TPSA) is 36.9 Å². The van der Waals surface area contributed by atoms with Gasteiger partial charge in [-0.25, -0.2) is 0 Å². The summed E-state index contributed by atoms with van der Waals surface area (Å²) in [5.41, 5.74) is 0. The summed E-state index contributed by atoms with van der Waals surface area (Å²) < 4.78 is 5.24. The Hall–Kier alpha value is -0.0400. The molecule has 114 valence electrons. The quantitative estimate of drug-likeness (QED) is 0.435. The molecule has 0 aromatic heterocycles. The van der Waals surface area contributed by atoms with Crippen LogP contribution in [-0.4, -0.2) is 50.8 Å². The maximum atomic E-state index is 5.24. The number of halogens is 1. The van der Waals surface area contributed by atoms with Gasteiger partial charge in [0.1, 0.15) is 0 Å². The van der Waals surface area contributed by atoms with E-state index in [1.807, 2.05) is 0 Å². The fourth-order valence-electron chi connectivity index (χ4n) is 2.25. The lowest BCUT2D eigenvalue weighted by Gasteiger charge is -2.21. The second kappa shape index (κ2) is 10.7. The fraction of sp³-hybridized carbons (Fsp3) is 0.929. The van der Waals surface area contributed by atoms with Gasteiger partial charge in [0.25, 0.3) is 0 Å². The lowest BCUT2D eigenvalue weighted by Crippen LogP contribution is -2.40. The first-order chi connectivity index (χ1) is 8.67. The largest absolute Gasteiger partial charge is 0.384 e. The Balaban J connectivity index is 0.00000324. The van der Waals surface area contributed by atoms with Crippen LogP contribution in [0.1, 0.15) is 33.6 Å². The predicted molar refractivity (Wildman–Crippen MR) is 92.4 cm³/mol.